The second-order valence-electron chi connectivity index (χ2n) is 6.56. The van der Waals surface area contributed by atoms with Gasteiger partial charge < -0.3 is 14.6 Å². The lowest BCUT2D eigenvalue weighted by molar-refractivity contribution is -0.132. The van der Waals surface area contributed by atoms with Crippen LogP contribution in [-0.4, -0.2) is 54.3 Å². The van der Waals surface area contributed by atoms with Crippen LogP contribution in [0.4, 0.5) is 0 Å². The predicted octanol–water partition coefficient (Wildman–Crippen LogP) is 2.05. The second kappa shape index (κ2) is 8.67. The van der Waals surface area contributed by atoms with Crippen LogP contribution in [0.15, 0.2) is 47.1 Å². The number of hydrogen-bond acceptors (Lipinski definition) is 4. The maximum absolute atomic E-state index is 12.3. The van der Waals surface area contributed by atoms with Crippen LogP contribution in [0.5, 0.6) is 0 Å². The zero-order valence-corrected chi connectivity index (χ0v) is 15.1. The molecule has 1 aromatic carbocycles. The first-order valence-corrected chi connectivity index (χ1v) is 9.00. The van der Waals surface area contributed by atoms with E-state index in [2.05, 4.69) is 10.2 Å². The van der Waals surface area contributed by atoms with Gasteiger partial charge in [0.25, 0.3) is 5.91 Å². The largest absolute Gasteiger partial charge is 0.468 e. The SMILES string of the molecule is Cc1ccccc1C(=O)NCCC(=O)N1CCN(Cc2ccco2)CC1. The van der Waals surface area contributed by atoms with Gasteiger partial charge in [0.2, 0.25) is 5.91 Å². The fourth-order valence-corrected chi connectivity index (χ4v) is 3.14. The number of rotatable bonds is 6. The zero-order chi connectivity index (χ0) is 18.4. The van der Waals surface area contributed by atoms with Gasteiger partial charge in [-0.15, -0.1) is 0 Å². The quantitative estimate of drug-likeness (QED) is 0.861. The molecule has 6 nitrogen and oxygen atoms in total. The van der Waals surface area contributed by atoms with Crippen molar-refractivity contribution < 1.29 is 14.0 Å². The van der Waals surface area contributed by atoms with Crippen LogP contribution >= 0.6 is 0 Å². The first-order valence-electron chi connectivity index (χ1n) is 9.00. The Kier molecular flexibility index (Phi) is 6.07. The molecule has 2 amide bonds. The lowest BCUT2D eigenvalue weighted by Gasteiger charge is -2.34. The number of hydrogen-bond donors (Lipinski definition) is 1. The minimum atomic E-state index is -0.126. The van der Waals surface area contributed by atoms with E-state index in [1.165, 1.54) is 0 Å². The lowest BCUT2D eigenvalue weighted by atomic mass is 10.1. The maximum atomic E-state index is 12.3. The van der Waals surface area contributed by atoms with Crippen LogP contribution in [0.2, 0.25) is 0 Å². The van der Waals surface area contributed by atoms with E-state index in [0.29, 0.717) is 31.6 Å². The Hall–Kier alpha value is -2.60. The molecule has 0 aliphatic carbocycles. The number of furan rings is 1. The molecule has 0 atom stereocenters. The molecule has 1 aliphatic rings. The predicted molar refractivity (Wildman–Crippen MR) is 98.7 cm³/mol. The molecule has 0 spiro atoms. The van der Waals surface area contributed by atoms with Crippen molar-refractivity contribution in [1.82, 2.24) is 15.1 Å². The third kappa shape index (κ3) is 4.73. The number of benzene rings is 1. The summed E-state index contributed by atoms with van der Waals surface area (Å²) in [4.78, 5) is 28.7. The number of carbonyl (C=O) groups is 2. The van der Waals surface area contributed by atoms with Gasteiger partial charge in [0.05, 0.1) is 12.8 Å². The van der Waals surface area contributed by atoms with E-state index < -0.39 is 0 Å². The smallest absolute Gasteiger partial charge is 0.251 e. The Morgan fingerprint density at radius 3 is 2.54 bits per heavy atom. The zero-order valence-electron chi connectivity index (χ0n) is 15.1. The highest BCUT2D eigenvalue weighted by atomic mass is 16.3. The topological polar surface area (TPSA) is 65.8 Å². The number of carbonyl (C=O) groups excluding carboxylic acids is 2. The summed E-state index contributed by atoms with van der Waals surface area (Å²) < 4.78 is 5.37. The molecule has 3 rings (SSSR count). The first-order chi connectivity index (χ1) is 12.6. The van der Waals surface area contributed by atoms with Crippen LogP contribution in [0.3, 0.4) is 0 Å². The van der Waals surface area contributed by atoms with Crippen molar-refractivity contribution in [3.05, 3.63) is 59.5 Å². The highest BCUT2D eigenvalue weighted by molar-refractivity contribution is 5.95. The standard InChI is InChI=1S/C20H25N3O3/c1-16-5-2-3-7-18(16)20(25)21-9-8-19(24)23-12-10-22(11-13-23)15-17-6-4-14-26-17/h2-7,14H,8-13,15H2,1H3,(H,21,25). The van der Waals surface area contributed by atoms with Crippen LogP contribution < -0.4 is 5.32 Å². The third-order valence-corrected chi connectivity index (χ3v) is 4.70. The molecule has 1 N–H and O–H groups in total. The van der Waals surface area contributed by atoms with Gasteiger partial charge in [0.1, 0.15) is 5.76 Å². The summed E-state index contributed by atoms with van der Waals surface area (Å²) in [5, 5.41) is 2.84. The molecule has 1 fully saturated rings. The summed E-state index contributed by atoms with van der Waals surface area (Å²) >= 11 is 0. The molecule has 0 radical (unpaired) electrons. The molecule has 0 bridgehead atoms. The highest BCUT2D eigenvalue weighted by Gasteiger charge is 2.21. The minimum Gasteiger partial charge on any atom is -0.468 e. The minimum absolute atomic E-state index is 0.0905. The summed E-state index contributed by atoms with van der Waals surface area (Å²) in [5.41, 5.74) is 1.59. The summed E-state index contributed by atoms with van der Waals surface area (Å²) in [6, 6.07) is 11.3. The van der Waals surface area contributed by atoms with Gasteiger partial charge >= 0.3 is 0 Å². The average molecular weight is 355 g/mol. The monoisotopic (exact) mass is 355 g/mol. The Balaban J connectivity index is 1.38. The van der Waals surface area contributed by atoms with E-state index >= 15 is 0 Å². The van der Waals surface area contributed by atoms with Crippen LogP contribution in [0.1, 0.15) is 28.1 Å². The summed E-state index contributed by atoms with van der Waals surface area (Å²) in [6.45, 7) is 6.14. The Bertz CT molecular complexity index is 735. The van der Waals surface area contributed by atoms with E-state index in [4.69, 9.17) is 4.42 Å². The molecule has 26 heavy (non-hydrogen) atoms. The second-order valence-corrected chi connectivity index (χ2v) is 6.56. The number of amides is 2. The van der Waals surface area contributed by atoms with Crippen molar-refractivity contribution in [3.8, 4) is 0 Å². The van der Waals surface area contributed by atoms with Gasteiger partial charge in [-0.05, 0) is 30.7 Å². The molecule has 2 aromatic rings. The van der Waals surface area contributed by atoms with E-state index in [-0.39, 0.29) is 11.8 Å². The van der Waals surface area contributed by atoms with Crippen molar-refractivity contribution in [1.29, 1.82) is 0 Å². The fraction of sp³-hybridized carbons (Fsp3) is 0.400. The van der Waals surface area contributed by atoms with Crippen LogP contribution in [-0.2, 0) is 11.3 Å². The molecule has 0 saturated carbocycles. The van der Waals surface area contributed by atoms with Gasteiger partial charge in [0.15, 0.2) is 0 Å². The number of nitrogens with one attached hydrogen (secondary N) is 1. The number of aryl methyl sites for hydroxylation is 1. The molecule has 0 unspecified atom stereocenters. The average Bonchev–Trinajstić information content (AvgIpc) is 3.15. The molecule has 6 heteroatoms. The Labute approximate surface area is 153 Å². The highest BCUT2D eigenvalue weighted by Crippen LogP contribution is 2.10. The number of nitrogens with zero attached hydrogens (tertiary/aromatic N) is 2. The van der Waals surface area contributed by atoms with Crippen molar-refractivity contribution in [2.24, 2.45) is 0 Å². The molecule has 1 aliphatic heterocycles. The van der Waals surface area contributed by atoms with Crippen LogP contribution in [0, 0.1) is 6.92 Å². The van der Waals surface area contributed by atoms with Crippen molar-refractivity contribution in [3.63, 3.8) is 0 Å². The van der Waals surface area contributed by atoms with Gasteiger partial charge in [-0.1, -0.05) is 18.2 Å². The molecule has 1 aromatic heterocycles. The summed E-state index contributed by atoms with van der Waals surface area (Å²) in [5.74, 6) is 0.913. The Morgan fingerprint density at radius 1 is 1.08 bits per heavy atom. The van der Waals surface area contributed by atoms with Crippen LogP contribution in [0.25, 0.3) is 0 Å². The molecule has 1 saturated heterocycles. The molecule has 138 valence electrons. The summed E-state index contributed by atoms with van der Waals surface area (Å²) in [6.07, 6.45) is 2.01. The van der Waals surface area contributed by atoms with E-state index in [9.17, 15) is 9.59 Å². The van der Waals surface area contributed by atoms with E-state index in [1.807, 2.05) is 42.2 Å². The molecule has 2 heterocycles. The van der Waals surface area contributed by atoms with Gasteiger partial charge in [-0.3, -0.25) is 14.5 Å². The van der Waals surface area contributed by atoms with E-state index in [0.717, 1.165) is 31.0 Å². The Morgan fingerprint density at radius 2 is 1.85 bits per heavy atom. The third-order valence-electron chi connectivity index (χ3n) is 4.70. The lowest BCUT2D eigenvalue weighted by Crippen LogP contribution is -2.48. The normalized spacial score (nSPS) is 15.0. The maximum Gasteiger partial charge on any atom is 0.251 e. The molecular weight excluding hydrogens is 330 g/mol. The van der Waals surface area contributed by atoms with Gasteiger partial charge in [-0.25, -0.2) is 0 Å². The van der Waals surface area contributed by atoms with Crippen molar-refractivity contribution in [2.45, 2.75) is 19.9 Å². The van der Waals surface area contributed by atoms with Gasteiger partial charge in [0, 0.05) is 44.7 Å². The van der Waals surface area contributed by atoms with Crippen molar-refractivity contribution >= 4 is 11.8 Å². The molecular formula is C20H25N3O3. The van der Waals surface area contributed by atoms with Crippen molar-refractivity contribution in [2.75, 3.05) is 32.7 Å². The first kappa shape index (κ1) is 18.2. The van der Waals surface area contributed by atoms with E-state index in [1.54, 1.807) is 12.3 Å². The fourth-order valence-electron chi connectivity index (χ4n) is 3.14. The summed E-state index contributed by atoms with van der Waals surface area (Å²) in [7, 11) is 0. The number of piperazine rings is 1. The van der Waals surface area contributed by atoms with Gasteiger partial charge in [-0.2, -0.15) is 0 Å².